The molecule has 3 nitrogen and oxygen atoms in total. The fraction of sp³-hybridized carbons (Fsp3) is 0.591. The Morgan fingerprint density at radius 3 is 2.48 bits per heavy atom. The van der Waals surface area contributed by atoms with Gasteiger partial charge in [-0.05, 0) is 75.1 Å². The van der Waals surface area contributed by atoms with Gasteiger partial charge in [-0.2, -0.15) is 0 Å². The van der Waals surface area contributed by atoms with E-state index < -0.39 is 0 Å². The van der Waals surface area contributed by atoms with Crippen molar-refractivity contribution in [3.8, 4) is 0 Å². The first kappa shape index (κ1) is 18.2. The van der Waals surface area contributed by atoms with E-state index in [-0.39, 0.29) is 11.9 Å². The number of nitrogens with zero attached hydrogens (tertiary/aromatic N) is 1. The fourth-order valence-electron chi connectivity index (χ4n) is 4.58. The molecular weight excluding hydrogens is 310 g/mol. The molecule has 0 radical (unpaired) electrons. The van der Waals surface area contributed by atoms with Crippen LogP contribution in [0, 0.1) is 11.8 Å². The number of likely N-dealkylation sites (tertiary alicyclic amines) is 1. The van der Waals surface area contributed by atoms with E-state index in [2.05, 4.69) is 42.7 Å². The van der Waals surface area contributed by atoms with Crippen LogP contribution in [-0.2, 0) is 16.1 Å². The highest BCUT2D eigenvalue weighted by Gasteiger charge is 2.35. The molecule has 0 spiro atoms. The molecule has 1 aromatic carbocycles. The maximum absolute atomic E-state index is 12.0. The van der Waals surface area contributed by atoms with E-state index in [1.807, 2.05) is 0 Å². The lowest BCUT2D eigenvalue weighted by atomic mass is 9.69. The molecule has 2 fully saturated rings. The topological polar surface area (TPSA) is 29.5 Å². The predicted octanol–water partition coefficient (Wildman–Crippen LogP) is 4.53. The molecule has 3 heteroatoms. The third-order valence-electron chi connectivity index (χ3n) is 6.03. The standard InChI is InChI=1S/C22H31NO2/c1-16(2)20-11-10-19(22(24)25-3)14-21(20)18-8-6-17(7-9-18)15-23-12-4-5-13-23/h6-9,19-21H,1,4-5,10-15H2,2-3H3/t19-,20+,21+/m1/s1. The summed E-state index contributed by atoms with van der Waals surface area (Å²) in [5.41, 5.74) is 3.96. The van der Waals surface area contributed by atoms with Crippen molar-refractivity contribution in [2.24, 2.45) is 11.8 Å². The Balaban J connectivity index is 1.73. The highest BCUT2D eigenvalue weighted by atomic mass is 16.5. The van der Waals surface area contributed by atoms with Gasteiger partial charge in [0.05, 0.1) is 13.0 Å². The van der Waals surface area contributed by atoms with Crippen LogP contribution >= 0.6 is 0 Å². The number of rotatable bonds is 5. The molecule has 0 N–H and O–H groups in total. The second-order valence-corrected chi connectivity index (χ2v) is 7.82. The Morgan fingerprint density at radius 2 is 1.88 bits per heavy atom. The summed E-state index contributed by atoms with van der Waals surface area (Å²) in [7, 11) is 1.50. The van der Waals surface area contributed by atoms with Crippen molar-refractivity contribution in [1.29, 1.82) is 0 Å². The number of methoxy groups -OCH3 is 1. The molecule has 0 bridgehead atoms. The quantitative estimate of drug-likeness (QED) is 0.582. The van der Waals surface area contributed by atoms with Gasteiger partial charge in [0.1, 0.15) is 0 Å². The molecule has 1 aromatic rings. The van der Waals surface area contributed by atoms with Crippen molar-refractivity contribution in [2.45, 2.75) is 51.5 Å². The SMILES string of the molecule is C=C(C)[C@@H]1CC[C@@H](C(=O)OC)C[C@H]1c1ccc(CN2CCCC2)cc1. The van der Waals surface area contributed by atoms with Crippen LogP contribution in [0.4, 0.5) is 0 Å². The molecule has 0 amide bonds. The van der Waals surface area contributed by atoms with Crippen LogP contribution in [0.25, 0.3) is 0 Å². The van der Waals surface area contributed by atoms with E-state index in [1.165, 1.54) is 49.7 Å². The fourth-order valence-corrected chi connectivity index (χ4v) is 4.58. The molecule has 0 aromatic heterocycles. The summed E-state index contributed by atoms with van der Waals surface area (Å²) >= 11 is 0. The minimum absolute atomic E-state index is 0.0230. The zero-order chi connectivity index (χ0) is 17.8. The van der Waals surface area contributed by atoms with E-state index in [1.54, 1.807) is 0 Å². The molecular formula is C22H31NO2. The third-order valence-corrected chi connectivity index (χ3v) is 6.03. The second-order valence-electron chi connectivity index (χ2n) is 7.82. The van der Waals surface area contributed by atoms with Crippen LogP contribution in [0.2, 0.25) is 0 Å². The lowest BCUT2D eigenvalue weighted by molar-refractivity contribution is -0.147. The molecule has 0 unspecified atom stereocenters. The maximum Gasteiger partial charge on any atom is 0.308 e. The van der Waals surface area contributed by atoms with E-state index in [9.17, 15) is 4.79 Å². The van der Waals surface area contributed by atoms with Crippen LogP contribution in [0.3, 0.4) is 0 Å². The Labute approximate surface area is 152 Å². The van der Waals surface area contributed by atoms with Crippen molar-refractivity contribution in [2.75, 3.05) is 20.2 Å². The Morgan fingerprint density at radius 1 is 1.20 bits per heavy atom. The van der Waals surface area contributed by atoms with Crippen LogP contribution in [0.1, 0.15) is 56.1 Å². The van der Waals surface area contributed by atoms with Gasteiger partial charge in [-0.3, -0.25) is 9.69 Å². The minimum atomic E-state index is -0.0594. The summed E-state index contributed by atoms with van der Waals surface area (Å²) in [5, 5.41) is 0. The number of hydrogen-bond donors (Lipinski definition) is 0. The Hall–Kier alpha value is -1.61. The van der Waals surface area contributed by atoms with Crippen molar-refractivity contribution in [3.05, 3.63) is 47.5 Å². The van der Waals surface area contributed by atoms with Gasteiger partial charge in [0.25, 0.3) is 0 Å². The molecule has 2 aliphatic rings. The van der Waals surface area contributed by atoms with Crippen molar-refractivity contribution >= 4 is 5.97 Å². The molecule has 136 valence electrons. The minimum Gasteiger partial charge on any atom is -0.469 e. The predicted molar refractivity (Wildman–Crippen MR) is 101 cm³/mol. The first-order chi connectivity index (χ1) is 12.1. The van der Waals surface area contributed by atoms with E-state index >= 15 is 0 Å². The average Bonchev–Trinajstić information content (AvgIpc) is 3.14. The van der Waals surface area contributed by atoms with E-state index in [0.29, 0.717) is 11.8 Å². The summed E-state index contributed by atoms with van der Waals surface area (Å²) in [6, 6.07) is 9.08. The van der Waals surface area contributed by atoms with Crippen molar-refractivity contribution in [1.82, 2.24) is 4.90 Å². The lowest BCUT2D eigenvalue weighted by Gasteiger charge is -2.36. The summed E-state index contributed by atoms with van der Waals surface area (Å²) in [5.74, 6) is 0.798. The number of carbonyl (C=O) groups is 1. The number of allylic oxidation sites excluding steroid dienone is 1. The highest BCUT2D eigenvalue weighted by Crippen LogP contribution is 2.44. The van der Waals surface area contributed by atoms with Gasteiger partial charge in [0, 0.05) is 6.54 Å². The summed E-state index contributed by atoms with van der Waals surface area (Å²) in [6.07, 6.45) is 5.46. The second kappa shape index (κ2) is 8.18. The number of ether oxygens (including phenoxy) is 1. The van der Waals surface area contributed by atoms with Gasteiger partial charge in [-0.25, -0.2) is 0 Å². The van der Waals surface area contributed by atoms with Gasteiger partial charge in [0.2, 0.25) is 0 Å². The number of carbonyl (C=O) groups excluding carboxylic acids is 1. The normalized spacial score (nSPS) is 27.2. The molecule has 1 aliphatic carbocycles. The van der Waals surface area contributed by atoms with Crippen LogP contribution in [-0.4, -0.2) is 31.1 Å². The van der Waals surface area contributed by atoms with Gasteiger partial charge < -0.3 is 4.74 Å². The summed E-state index contributed by atoms with van der Waals surface area (Å²) < 4.78 is 5.00. The van der Waals surface area contributed by atoms with Gasteiger partial charge in [0.15, 0.2) is 0 Å². The average molecular weight is 341 g/mol. The Bertz CT molecular complexity index is 601. The molecule has 1 aliphatic heterocycles. The van der Waals surface area contributed by atoms with Gasteiger partial charge >= 0.3 is 5.97 Å². The third kappa shape index (κ3) is 4.33. The summed E-state index contributed by atoms with van der Waals surface area (Å²) in [6.45, 7) is 9.84. The monoisotopic (exact) mass is 341 g/mol. The zero-order valence-corrected chi connectivity index (χ0v) is 15.7. The molecule has 25 heavy (non-hydrogen) atoms. The van der Waals surface area contributed by atoms with E-state index in [0.717, 1.165) is 25.8 Å². The number of hydrogen-bond acceptors (Lipinski definition) is 3. The van der Waals surface area contributed by atoms with Crippen molar-refractivity contribution < 1.29 is 9.53 Å². The maximum atomic E-state index is 12.0. The van der Waals surface area contributed by atoms with Crippen LogP contribution in [0.5, 0.6) is 0 Å². The smallest absolute Gasteiger partial charge is 0.308 e. The van der Waals surface area contributed by atoms with Crippen LogP contribution in [0.15, 0.2) is 36.4 Å². The zero-order valence-electron chi connectivity index (χ0n) is 15.7. The molecule has 3 rings (SSSR count). The molecule has 1 saturated carbocycles. The highest BCUT2D eigenvalue weighted by molar-refractivity contribution is 5.72. The largest absolute Gasteiger partial charge is 0.469 e. The van der Waals surface area contributed by atoms with Crippen molar-refractivity contribution in [3.63, 3.8) is 0 Å². The molecule has 1 heterocycles. The summed E-state index contributed by atoms with van der Waals surface area (Å²) in [4.78, 5) is 14.5. The first-order valence-corrected chi connectivity index (χ1v) is 9.63. The Kier molecular flexibility index (Phi) is 5.95. The lowest BCUT2D eigenvalue weighted by Crippen LogP contribution is -2.29. The molecule has 3 atom stereocenters. The van der Waals surface area contributed by atoms with Gasteiger partial charge in [-0.15, -0.1) is 0 Å². The van der Waals surface area contributed by atoms with Crippen LogP contribution < -0.4 is 0 Å². The first-order valence-electron chi connectivity index (χ1n) is 9.63. The molecule has 1 saturated heterocycles. The van der Waals surface area contributed by atoms with Gasteiger partial charge in [-0.1, -0.05) is 36.4 Å². The number of esters is 1. The van der Waals surface area contributed by atoms with E-state index in [4.69, 9.17) is 4.74 Å². The number of benzene rings is 1.